The van der Waals surface area contributed by atoms with Gasteiger partial charge in [-0.2, -0.15) is 0 Å². The van der Waals surface area contributed by atoms with E-state index in [-0.39, 0.29) is 18.3 Å². The molecule has 138 valence electrons. The number of benzene rings is 2. The highest BCUT2D eigenvalue weighted by molar-refractivity contribution is 5.90. The Labute approximate surface area is 158 Å². The van der Waals surface area contributed by atoms with Gasteiger partial charge in [-0.3, -0.25) is 4.79 Å². The Balaban J connectivity index is 1.58. The highest BCUT2D eigenvalue weighted by atomic mass is 19.1. The van der Waals surface area contributed by atoms with E-state index in [0.29, 0.717) is 0 Å². The van der Waals surface area contributed by atoms with Crippen LogP contribution in [0.1, 0.15) is 24.7 Å². The Morgan fingerprint density at radius 3 is 2.74 bits per heavy atom. The number of aromatic nitrogens is 2. The van der Waals surface area contributed by atoms with Gasteiger partial charge in [-0.1, -0.05) is 25.1 Å². The monoisotopic (exact) mass is 364 g/mol. The third kappa shape index (κ3) is 3.50. The average molecular weight is 364 g/mol. The molecule has 0 atom stereocenters. The summed E-state index contributed by atoms with van der Waals surface area (Å²) in [6.07, 6.45) is 4.89. The number of nitrogens with zero attached hydrogens (tertiary/aromatic N) is 2. The van der Waals surface area contributed by atoms with E-state index in [1.54, 1.807) is 12.1 Å². The summed E-state index contributed by atoms with van der Waals surface area (Å²) in [5.41, 5.74) is 4.00. The third-order valence-electron chi connectivity index (χ3n) is 5.12. The Hall–Kier alpha value is -2.95. The van der Waals surface area contributed by atoms with Crippen LogP contribution in [0.15, 0.2) is 54.7 Å². The number of aryl methyl sites for hydroxylation is 1. The molecular weight excluding hydrogens is 341 g/mol. The van der Waals surface area contributed by atoms with Crippen LogP contribution in [0.25, 0.3) is 11.3 Å². The molecule has 1 aliphatic rings. The van der Waals surface area contributed by atoms with Gasteiger partial charge in [-0.25, -0.2) is 13.5 Å². The zero-order valence-electron chi connectivity index (χ0n) is 15.4. The van der Waals surface area contributed by atoms with Crippen molar-refractivity contribution < 1.29 is 13.8 Å². The van der Waals surface area contributed by atoms with Gasteiger partial charge in [0.05, 0.1) is 13.0 Å². The zero-order valence-corrected chi connectivity index (χ0v) is 15.4. The van der Waals surface area contributed by atoms with Crippen LogP contribution in [0.2, 0.25) is 0 Å². The van der Waals surface area contributed by atoms with Crippen LogP contribution in [-0.4, -0.2) is 10.5 Å². The molecule has 5 heteroatoms. The number of anilines is 1. The summed E-state index contributed by atoms with van der Waals surface area (Å²) in [5, 5.41) is 3.04. The number of carbonyl (C=O) groups excluding carboxylic acids is 1. The lowest BCUT2D eigenvalue weighted by Gasteiger charge is -2.08. The van der Waals surface area contributed by atoms with Crippen LogP contribution < -0.4 is 9.88 Å². The number of imidazole rings is 1. The van der Waals surface area contributed by atoms with Gasteiger partial charge in [0.15, 0.2) is 12.2 Å². The van der Waals surface area contributed by atoms with Gasteiger partial charge < -0.3 is 5.32 Å². The summed E-state index contributed by atoms with van der Waals surface area (Å²) in [4.78, 5) is 12.6. The molecule has 0 saturated heterocycles. The molecule has 1 N–H and O–H groups in total. The molecule has 2 heterocycles. The molecule has 2 aromatic carbocycles. The maximum Gasteiger partial charge on any atom is 0.266 e. The first-order valence-electron chi connectivity index (χ1n) is 9.41. The van der Waals surface area contributed by atoms with Crippen molar-refractivity contribution in [3.05, 3.63) is 71.9 Å². The van der Waals surface area contributed by atoms with Crippen molar-refractivity contribution in [2.75, 3.05) is 5.32 Å². The van der Waals surface area contributed by atoms with Gasteiger partial charge in [0.1, 0.15) is 12.0 Å². The summed E-state index contributed by atoms with van der Waals surface area (Å²) in [7, 11) is 0. The summed E-state index contributed by atoms with van der Waals surface area (Å²) >= 11 is 0. The van der Waals surface area contributed by atoms with Crippen molar-refractivity contribution in [3.8, 4) is 11.3 Å². The average Bonchev–Trinajstić information content (AvgIpc) is 3.27. The quantitative estimate of drug-likeness (QED) is 0.689. The Kier molecular flexibility index (Phi) is 4.75. The zero-order chi connectivity index (χ0) is 18.8. The molecule has 0 spiro atoms. The highest BCUT2D eigenvalue weighted by Crippen LogP contribution is 2.25. The number of hydrogen-bond donors (Lipinski definition) is 1. The predicted octanol–water partition coefficient (Wildman–Crippen LogP) is 3.73. The van der Waals surface area contributed by atoms with Crippen LogP contribution >= 0.6 is 0 Å². The lowest BCUT2D eigenvalue weighted by molar-refractivity contribution is -0.690. The molecule has 0 saturated carbocycles. The van der Waals surface area contributed by atoms with Crippen molar-refractivity contribution in [1.82, 2.24) is 4.57 Å². The van der Waals surface area contributed by atoms with Gasteiger partial charge >= 0.3 is 0 Å². The largest absolute Gasteiger partial charge is 0.322 e. The minimum absolute atomic E-state index is 0.0353. The predicted molar refractivity (Wildman–Crippen MR) is 103 cm³/mol. The van der Waals surface area contributed by atoms with Gasteiger partial charge in [0.25, 0.3) is 11.7 Å². The molecule has 1 amide bonds. The summed E-state index contributed by atoms with van der Waals surface area (Å²) in [5.74, 6) is 0.869. The number of nitrogens with one attached hydrogen (secondary N) is 1. The van der Waals surface area contributed by atoms with E-state index in [9.17, 15) is 9.18 Å². The van der Waals surface area contributed by atoms with E-state index in [1.165, 1.54) is 12.1 Å². The summed E-state index contributed by atoms with van der Waals surface area (Å²) in [6, 6.07) is 14.4. The second-order valence-electron chi connectivity index (χ2n) is 6.88. The molecule has 3 aromatic rings. The standard InChI is InChI=1S/C22H22FN3O/c1-2-16-6-3-4-7-19(16)24-21(27)15-25-14-20(26-13-5-8-22(25)26)17-9-11-18(23)12-10-17/h3-4,6-7,9-12,14H,2,5,8,13,15H2,1H3/p+1. The van der Waals surface area contributed by atoms with Crippen molar-refractivity contribution in [2.45, 2.75) is 39.3 Å². The minimum atomic E-state index is -0.242. The maximum atomic E-state index is 13.3. The Morgan fingerprint density at radius 2 is 1.96 bits per heavy atom. The van der Waals surface area contributed by atoms with E-state index >= 15 is 0 Å². The fourth-order valence-corrected chi connectivity index (χ4v) is 3.79. The molecule has 0 fully saturated rings. The number of halogens is 1. The van der Waals surface area contributed by atoms with Crippen LogP contribution in [-0.2, 0) is 30.7 Å². The molecule has 0 radical (unpaired) electrons. The van der Waals surface area contributed by atoms with Crippen LogP contribution in [0, 0.1) is 5.82 Å². The molecular formula is C22H23FN3O+. The molecule has 0 bridgehead atoms. The number of hydrogen-bond acceptors (Lipinski definition) is 1. The van der Waals surface area contributed by atoms with Gasteiger partial charge in [0.2, 0.25) is 0 Å². The molecule has 1 aliphatic heterocycles. The summed E-state index contributed by atoms with van der Waals surface area (Å²) < 4.78 is 17.5. The topological polar surface area (TPSA) is 37.9 Å². The van der Waals surface area contributed by atoms with Crippen molar-refractivity contribution in [3.63, 3.8) is 0 Å². The van der Waals surface area contributed by atoms with Crippen molar-refractivity contribution in [1.29, 1.82) is 0 Å². The lowest BCUT2D eigenvalue weighted by atomic mass is 10.1. The fourth-order valence-electron chi connectivity index (χ4n) is 3.79. The van der Waals surface area contributed by atoms with Gasteiger partial charge in [-0.15, -0.1) is 0 Å². The van der Waals surface area contributed by atoms with E-state index in [2.05, 4.69) is 16.8 Å². The van der Waals surface area contributed by atoms with Crippen LogP contribution in [0.3, 0.4) is 0 Å². The number of para-hydroxylation sites is 1. The first-order valence-corrected chi connectivity index (χ1v) is 9.41. The summed E-state index contributed by atoms with van der Waals surface area (Å²) in [6.45, 7) is 3.28. The number of carbonyl (C=O) groups is 1. The number of fused-ring (bicyclic) bond motifs is 1. The van der Waals surface area contributed by atoms with E-state index in [4.69, 9.17) is 0 Å². The van der Waals surface area contributed by atoms with Crippen LogP contribution in [0.4, 0.5) is 10.1 Å². The first kappa shape index (κ1) is 17.5. The maximum absolute atomic E-state index is 13.3. The van der Waals surface area contributed by atoms with Gasteiger partial charge in [0, 0.05) is 11.3 Å². The van der Waals surface area contributed by atoms with Crippen molar-refractivity contribution >= 4 is 11.6 Å². The second-order valence-corrected chi connectivity index (χ2v) is 6.88. The smallest absolute Gasteiger partial charge is 0.266 e. The normalized spacial score (nSPS) is 12.8. The molecule has 27 heavy (non-hydrogen) atoms. The molecule has 0 aliphatic carbocycles. The van der Waals surface area contributed by atoms with Gasteiger partial charge in [-0.05, 0) is 48.7 Å². The Morgan fingerprint density at radius 1 is 1.19 bits per heavy atom. The number of rotatable bonds is 5. The van der Waals surface area contributed by atoms with Crippen LogP contribution in [0.5, 0.6) is 0 Å². The molecule has 0 unspecified atom stereocenters. The third-order valence-corrected chi connectivity index (χ3v) is 5.12. The van der Waals surface area contributed by atoms with E-state index < -0.39 is 0 Å². The molecule has 4 nitrogen and oxygen atoms in total. The van der Waals surface area contributed by atoms with E-state index in [1.807, 2.05) is 35.0 Å². The first-order chi connectivity index (χ1) is 13.2. The van der Waals surface area contributed by atoms with Crippen molar-refractivity contribution in [2.24, 2.45) is 0 Å². The SMILES string of the molecule is CCc1ccccc1NC(=O)C[n+]1cc(-c2ccc(F)cc2)n2c1CCC2. The highest BCUT2D eigenvalue weighted by Gasteiger charge is 2.29. The minimum Gasteiger partial charge on any atom is -0.322 e. The fraction of sp³-hybridized carbons (Fsp3) is 0.273. The number of amides is 1. The molecule has 1 aromatic heterocycles. The lowest BCUT2D eigenvalue weighted by Crippen LogP contribution is -2.42. The van der Waals surface area contributed by atoms with E-state index in [0.717, 1.165) is 54.1 Å². The molecule has 4 rings (SSSR count). The second kappa shape index (κ2) is 7.35. The Bertz CT molecular complexity index is 976.